The number of hydrogen-bond donors (Lipinski definition) is 1. The zero-order valence-electron chi connectivity index (χ0n) is 9.30. The summed E-state index contributed by atoms with van der Waals surface area (Å²) in [5.41, 5.74) is 1.72. The van der Waals surface area contributed by atoms with Crippen molar-refractivity contribution < 1.29 is 18.3 Å². The van der Waals surface area contributed by atoms with Gasteiger partial charge in [-0.05, 0) is 23.5 Å². The number of hydrogen-bond acceptors (Lipinski definition) is 3. The van der Waals surface area contributed by atoms with Gasteiger partial charge in [-0.25, -0.2) is 8.42 Å². The highest BCUT2D eigenvalue weighted by atomic mass is 32.2. The van der Waals surface area contributed by atoms with Crippen molar-refractivity contribution in [3.63, 3.8) is 0 Å². The van der Waals surface area contributed by atoms with Crippen LogP contribution in [0.4, 0.5) is 0 Å². The maximum absolute atomic E-state index is 11.3. The summed E-state index contributed by atoms with van der Waals surface area (Å²) in [5.74, 6) is -0.320. The van der Waals surface area contributed by atoms with Crippen molar-refractivity contribution in [2.75, 3.05) is 11.5 Å². The average Bonchev–Trinajstić information content (AvgIpc) is 2.59. The summed E-state index contributed by atoms with van der Waals surface area (Å²) in [7, 11) is -2.87. The first-order valence-electron chi connectivity index (χ1n) is 5.47. The molecule has 0 spiro atoms. The van der Waals surface area contributed by atoms with Crippen LogP contribution in [0.15, 0.2) is 24.3 Å². The molecule has 1 atom stereocenters. The molecule has 5 heteroatoms. The van der Waals surface area contributed by atoms with E-state index in [9.17, 15) is 13.2 Å². The molecule has 0 aromatic heterocycles. The summed E-state index contributed by atoms with van der Waals surface area (Å²) in [4.78, 5) is 10.5. The van der Waals surface area contributed by atoms with Gasteiger partial charge >= 0.3 is 5.97 Å². The van der Waals surface area contributed by atoms with E-state index >= 15 is 0 Å². The van der Waals surface area contributed by atoms with E-state index in [1.54, 1.807) is 12.1 Å². The quantitative estimate of drug-likeness (QED) is 0.880. The number of carboxylic acid groups (broad SMARTS) is 1. The second kappa shape index (κ2) is 4.49. The van der Waals surface area contributed by atoms with Crippen LogP contribution in [0, 0.1) is 0 Å². The number of benzene rings is 1. The molecule has 2 rings (SSSR count). The van der Waals surface area contributed by atoms with Gasteiger partial charge in [-0.2, -0.15) is 0 Å². The van der Waals surface area contributed by atoms with Crippen LogP contribution in [0.1, 0.15) is 23.5 Å². The van der Waals surface area contributed by atoms with Crippen LogP contribution in [0.3, 0.4) is 0 Å². The van der Waals surface area contributed by atoms with Gasteiger partial charge in [0.25, 0.3) is 0 Å². The maximum Gasteiger partial charge on any atom is 0.307 e. The number of rotatable bonds is 3. The first-order valence-corrected chi connectivity index (χ1v) is 7.29. The average molecular weight is 254 g/mol. The molecule has 1 aromatic rings. The van der Waals surface area contributed by atoms with E-state index in [1.165, 1.54) is 0 Å². The molecule has 17 heavy (non-hydrogen) atoms. The first kappa shape index (κ1) is 12.1. The minimum atomic E-state index is -2.87. The molecule has 1 heterocycles. The minimum Gasteiger partial charge on any atom is -0.481 e. The molecule has 4 nitrogen and oxygen atoms in total. The second-order valence-corrected chi connectivity index (χ2v) is 6.64. The van der Waals surface area contributed by atoms with Crippen LogP contribution in [-0.4, -0.2) is 31.0 Å². The Hall–Kier alpha value is -1.36. The molecular formula is C12H14O4S. The Morgan fingerprint density at radius 3 is 2.41 bits per heavy atom. The summed E-state index contributed by atoms with van der Waals surface area (Å²) in [6.45, 7) is 0. The van der Waals surface area contributed by atoms with Crippen molar-refractivity contribution >= 4 is 15.8 Å². The summed E-state index contributed by atoms with van der Waals surface area (Å²) in [5, 5.41) is 8.64. The second-order valence-electron chi connectivity index (χ2n) is 4.41. The summed E-state index contributed by atoms with van der Waals surface area (Å²) in [6, 6.07) is 7.19. The van der Waals surface area contributed by atoms with Crippen LogP contribution in [0.5, 0.6) is 0 Å². The fourth-order valence-corrected chi connectivity index (χ4v) is 3.92. The zero-order valence-corrected chi connectivity index (χ0v) is 10.1. The molecule has 1 aliphatic rings. The van der Waals surface area contributed by atoms with Gasteiger partial charge < -0.3 is 5.11 Å². The van der Waals surface area contributed by atoms with Gasteiger partial charge in [0.1, 0.15) is 0 Å². The standard InChI is InChI=1S/C12H14O4S/c13-12(14)7-9-1-3-10(4-2-9)11-5-6-17(15,16)8-11/h1-4,11H,5-8H2,(H,13,14). The lowest BCUT2D eigenvalue weighted by molar-refractivity contribution is -0.136. The fraction of sp³-hybridized carbons (Fsp3) is 0.417. The Morgan fingerprint density at radius 2 is 1.94 bits per heavy atom. The predicted octanol–water partition coefficient (Wildman–Crippen LogP) is 1.22. The molecule has 0 saturated carbocycles. The van der Waals surface area contributed by atoms with Gasteiger partial charge in [0, 0.05) is 0 Å². The Bertz CT molecular complexity index is 516. The Labute approximate surface area is 100 Å². The summed E-state index contributed by atoms with van der Waals surface area (Å²) < 4.78 is 22.7. The van der Waals surface area contributed by atoms with Gasteiger partial charge in [0.2, 0.25) is 0 Å². The number of carbonyl (C=O) groups is 1. The summed E-state index contributed by atoms with van der Waals surface area (Å²) in [6.07, 6.45) is 0.670. The minimum absolute atomic E-state index is 0.00322. The van der Waals surface area contributed by atoms with Gasteiger partial charge in [-0.15, -0.1) is 0 Å². The molecule has 0 aliphatic carbocycles. The molecule has 0 bridgehead atoms. The normalized spacial score (nSPS) is 22.5. The molecule has 1 N–H and O–H groups in total. The lowest BCUT2D eigenvalue weighted by Crippen LogP contribution is -2.04. The molecule has 0 radical (unpaired) electrons. The van der Waals surface area contributed by atoms with Crippen LogP contribution < -0.4 is 0 Å². The predicted molar refractivity (Wildman–Crippen MR) is 63.8 cm³/mol. The van der Waals surface area contributed by atoms with Gasteiger partial charge in [0.15, 0.2) is 9.84 Å². The van der Waals surface area contributed by atoms with E-state index in [0.29, 0.717) is 6.42 Å². The van der Waals surface area contributed by atoms with Crippen molar-refractivity contribution in [3.8, 4) is 0 Å². The SMILES string of the molecule is O=C(O)Cc1ccc(C2CCS(=O)(=O)C2)cc1. The van der Waals surface area contributed by atoms with Gasteiger partial charge in [0.05, 0.1) is 17.9 Å². The van der Waals surface area contributed by atoms with E-state index in [0.717, 1.165) is 11.1 Å². The van der Waals surface area contributed by atoms with Crippen LogP contribution >= 0.6 is 0 Å². The lowest BCUT2D eigenvalue weighted by atomic mass is 9.97. The zero-order chi connectivity index (χ0) is 12.5. The Balaban J connectivity index is 2.11. The highest BCUT2D eigenvalue weighted by Crippen LogP contribution is 2.28. The van der Waals surface area contributed by atoms with Gasteiger partial charge in [-0.3, -0.25) is 4.79 Å². The highest BCUT2D eigenvalue weighted by molar-refractivity contribution is 7.91. The van der Waals surface area contributed by atoms with Crippen molar-refractivity contribution in [1.29, 1.82) is 0 Å². The third-order valence-electron chi connectivity index (χ3n) is 3.04. The van der Waals surface area contributed by atoms with Gasteiger partial charge in [-0.1, -0.05) is 24.3 Å². The van der Waals surface area contributed by atoms with Crippen molar-refractivity contribution in [2.24, 2.45) is 0 Å². The van der Waals surface area contributed by atoms with Crippen LogP contribution in [0.25, 0.3) is 0 Å². The monoisotopic (exact) mass is 254 g/mol. The maximum atomic E-state index is 11.3. The molecule has 92 valence electrons. The lowest BCUT2D eigenvalue weighted by Gasteiger charge is -2.08. The molecule has 1 aliphatic heterocycles. The summed E-state index contributed by atoms with van der Waals surface area (Å²) >= 11 is 0. The van der Waals surface area contributed by atoms with E-state index in [1.807, 2.05) is 12.1 Å². The molecule has 0 amide bonds. The first-order chi connectivity index (χ1) is 7.96. The Morgan fingerprint density at radius 1 is 1.29 bits per heavy atom. The molecule has 1 aromatic carbocycles. The molecular weight excluding hydrogens is 240 g/mol. The molecule has 1 unspecified atom stereocenters. The Kier molecular flexibility index (Phi) is 3.19. The van der Waals surface area contributed by atoms with Crippen molar-refractivity contribution in [3.05, 3.63) is 35.4 Å². The van der Waals surface area contributed by atoms with E-state index < -0.39 is 15.8 Å². The van der Waals surface area contributed by atoms with E-state index in [2.05, 4.69) is 0 Å². The third-order valence-corrected chi connectivity index (χ3v) is 4.81. The van der Waals surface area contributed by atoms with Crippen LogP contribution in [-0.2, 0) is 21.1 Å². The highest BCUT2D eigenvalue weighted by Gasteiger charge is 2.28. The number of aliphatic carboxylic acids is 1. The van der Waals surface area contributed by atoms with E-state index in [4.69, 9.17) is 5.11 Å². The van der Waals surface area contributed by atoms with Crippen molar-refractivity contribution in [2.45, 2.75) is 18.8 Å². The molecule has 1 saturated heterocycles. The number of carboxylic acids is 1. The number of sulfone groups is 1. The van der Waals surface area contributed by atoms with Crippen molar-refractivity contribution in [1.82, 2.24) is 0 Å². The van der Waals surface area contributed by atoms with E-state index in [-0.39, 0.29) is 23.8 Å². The fourth-order valence-electron chi connectivity index (χ4n) is 2.14. The molecule has 1 fully saturated rings. The van der Waals surface area contributed by atoms with Crippen LogP contribution in [0.2, 0.25) is 0 Å². The third kappa shape index (κ3) is 3.06. The smallest absolute Gasteiger partial charge is 0.307 e. The largest absolute Gasteiger partial charge is 0.481 e. The topological polar surface area (TPSA) is 71.4 Å².